The van der Waals surface area contributed by atoms with Gasteiger partial charge in [0.25, 0.3) is 5.91 Å². The van der Waals surface area contributed by atoms with E-state index in [-0.39, 0.29) is 41.4 Å². The summed E-state index contributed by atoms with van der Waals surface area (Å²) >= 11 is 0. The summed E-state index contributed by atoms with van der Waals surface area (Å²) in [5, 5.41) is 13.6. The van der Waals surface area contributed by atoms with Crippen LogP contribution >= 0.6 is 0 Å². The predicted molar refractivity (Wildman–Crippen MR) is 165 cm³/mol. The highest BCUT2D eigenvalue weighted by molar-refractivity contribution is 5.96. The number of aromatic nitrogens is 2. The molecule has 1 aromatic carbocycles. The van der Waals surface area contributed by atoms with Crippen LogP contribution in [-0.2, 0) is 10.2 Å². The van der Waals surface area contributed by atoms with Gasteiger partial charge in [-0.3, -0.25) is 9.59 Å². The van der Waals surface area contributed by atoms with Gasteiger partial charge in [-0.1, -0.05) is 31.9 Å². The predicted octanol–water partition coefficient (Wildman–Crippen LogP) is 3.67. The topological polar surface area (TPSA) is 128 Å². The molecule has 3 aliphatic rings. The number of primary amides is 1. The molecule has 1 aliphatic carbocycles. The Hall–Kier alpha value is -3.24. The molecule has 3 heterocycles. The van der Waals surface area contributed by atoms with Gasteiger partial charge in [-0.15, -0.1) is 0 Å². The third-order valence-corrected chi connectivity index (χ3v) is 9.92. The van der Waals surface area contributed by atoms with Crippen LogP contribution in [0.2, 0.25) is 0 Å². The van der Waals surface area contributed by atoms with Gasteiger partial charge in [0.2, 0.25) is 5.91 Å². The van der Waals surface area contributed by atoms with Crippen molar-refractivity contribution in [3.8, 4) is 0 Å². The van der Waals surface area contributed by atoms with E-state index in [0.717, 1.165) is 50.5 Å². The molecule has 42 heavy (non-hydrogen) atoms. The Morgan fingerprint density at radius 1 is 1.07 bits per heavy atom. The van der Waals surface area contributed by atoms with Crippen LogP contribution in [0.3, 0.4) is 0 Å². The molecule has 0 spiro atoms. The van der Waals surface area contributed by atoms with Crippen molar-refractivity contribution in [3.63, 3.8) is 0 Å². The number of rotatable bonds is 9. The molecule has 0 bridgehead atoms. The van der Waals surface area contributed by atoms with Gasteiger partial charge in [0.15, 0.2) is 11.5 Å². The van der Waals surface area contributed by atoms with Gasteiger partial charge in [-0.05, 0) is 80.6 Å². The third-order valence-electron chi connectivity index (χ3n) is 9.92. The Balaban J connectivity index is 1.31. The maximum absolute atomic E-state index is 12.4. The minimum atomic E-state index is -0.665. The van der Waals surface area contributed by atoms with E-state index in [4.69, 9.17) is 10.7 Å². The minimum absolute atomic E-state index is 0.00776. The number of hydrogen-bond acceptors (Lipinski definition) is 8. The van der Waals surface area contributed by atoms with Crippen LogP contribution in [0.25, 0.3) is 0 Å². The van der Waals surface area contributed by atoms with Crippen molar-refractivity contribution in [3.05, 3.63) is 41.7 Å². The van der Waals surface area contributed by atoms with E-state index in [1.165, 1.54) is 37.4 Å². The number of carbonyl (C=O) groups excluding carboxylic acids is 2. The van der Waals surface area contributed by atoms with Crippen LogP contribution in [0.15, 0.2) is 30.5 Å². The molecule has 2 saturated heterocycles. The lowest BCUT2D eigenvalue weighted by Crippen LogP contribution is -2.49. The highest BCUT2D eigenvalue weighted by Gasteiger charge is 2.36. The lowest BCUT2D eigenvalue weighted by Gasteiger charge is -2.42. The zero-order chi connectivity index (χ0) is 29.9. The molecule has 0 unspecified atom stereocenters. The smallest absolute Gasteiger partial charge is 0.271 e. The second-order valence-electron chi connectivity index (χ2n) is 12.9. The first-order valence-corrected chi connectivity index (χ1v) is 15.5. The molecule has 4 N–H and O–H groups in total. The van der Waals surface area contributed by atoms with E-state index in [1.807, 2.05) is 17.0 Å². The molecule has 2 aromatic rings. The summed E-state index contributed by atoms with van der Waals surface area (Å²) in [5.74, 6) is 0.191. The number of nitrogens with two attached hydrogens (primary N) is 1. The Kier molecular flexibility index (Phi) is 9.32. The van der Waals surface area contributed by atoms with E-state index < -0.39 is 5.91 Å². The monoisotopic (exact) mass is 577 g/mol. The fraction of sp³-hybridized carbons (Fsp3) is 0.625. The highest BCUT2D eigenvalue weighted by atomic mass is 16.3. The van der Waals surface area contributed by atoms with Crippen LogP contribution in [0.1, 0.15) is 80.8 Å². The second kappa shape index (κ2) is 13.0. The minimum Gasteiger partial charge on any atom is -0.394 e. The van der Waals surface area contributed by atoms with Crippen molar-refractivity contribution in [2.24, 2.45) is 11.7 Å². The molecule has 2 atom stereocenters. The first-order chi connectivity index (χ1) is 20.2. The van der Waals surface area contributed by atoms with E-state index in [0.29, 0.717) is 18.8 Å². The van der Waals surface area contributed by atoms with Crippen molar-refractivity contribution in [1.82, 2.24) is 19.8 Å². The second-order valence-corrected chi connectivity index (χ2v) is 12.9. The molecule has 228 valence electrons. The Bertz CT molecular complexity index is 1240. The average molecular weight is 578 g/mol. The van der Waals surface area contributed by atoms with Crippen LogP contribution in [0.4, 0.5) is 17.3 Å². The van der Waals surface area contributed by atoms with Crippen molar-refractivity contribution in [2.75, 3.05) is 50.6 Å². The van der Waals surface area contributed by atoms with Crippen LogP contribution in [0, 0.1) is 5.92 Å². The largest absolute Gasteiger partial charge is 0.394 e. The lowest BCUT2D eigenvalue weighted by atomic mass is 9.74. The van der Waals surface area contributed by atoms with Gasteiger partial charge in [0.1, 0.15) is 5.82 Å². The van der Waals surface area contributed by atoms with Gasteiger partial charge in [-0.2, -0.15) is 0 Å². The third kappa shape index (κ3) is 6.54. The zero-order valence-electron chi connectivity index (χ0n) is 25.4. The fourth-order valence-corrected chi connectivity index (χ4v) is 7.13. The number of nitrogens with zero attached hydrogens (tertiary/aromatic N) is 5. The van der Waals surface area contributed by atoms with Crippen molar-refractivity contribution >= 4 is 29.1 Å². The molecule has 1 saturated carbocycles. The molecule has 2 aliphatic heterocycles. The van der Waals surface area contributed by atoms with E-state index in [9.17, 15) is 14.7 Å². The van der Waals surface area contributed by atoms with Gasteiger partial charge in [0.05, 0.1) is 18.8 Å². The maximum atomic E-state index is 12.4. The number of likely N-dealkylation sites (tertiary alicyclic amines) is 1. The highest BCUT2D eigenvalue weighted by Crippen LogP contribution is 2.38. The van der Waals surface area contributed by atoms with Gasteiger partial charge in [0, 0.05) is 38.8 Å². The number of anilines is 3. The quantitative estimate of drug-likeness (QED) is 0.412. The summed E-state index contributed by atoms with van der Waals surface area (Å²) in [4.78, 5) is 40.1. The Morgan fingerprint density at radius 3 is 2.38 bits per heavy atom. The summed E-state index contributed by atoms with van der Waals surface area (Å²) in [7, 11) is 3.49. The molecular weight excluding hydrogens is 530 g/mol. The number of carbonyl (C=O) groups is 2. The first kappa shape index (κ1) is 30.2. The van der Waals surface area contributed by atoms with Crippen molar-refractivity contribution in [2.45, 2.75) is 82.2 Å². The van der Waals surface area contributed by atoms with E-state index in [1.54, 1.807) is 19.0 Å². The number of amides is 2. The Morgan fingerprint density at radius 2 is 1.76 bits per heavy atom. The Labute approximate surface area is 249 Å². The van der Waals surface area contributed by atoms with Crippen LogP contribution in [-0.4, -0.2) is 89.1 Å². The summed E-state index contributed by atoms with van der Waals surface area (Å²) in [6, 6.07) is 8.92. The number of hydrogen-bond donors (Lipinski definition) is 3. The van der Waals surface area contributed by atoms with Gasteiger partial charge >= 0.3 is 0 Å². The van der Waals surface area contributed by atoms with Crippen molar-refractivity contribution in [1.29, 1.82) is 0 Å². The van der Waals surface area contributed by atoms with Gasteiger partial charge in [-0.25, -0.2) is 9.97 Å². The summed E-state index contributed by atoms with van der Waals surface area (Å²) in [6.07, 6.45) is 11.4. The normalized spacial score (nSPS) is 23.1. The summed E-state index contributed by atoms with van der Waals surface area (Å²) in [6.45, 7) is 5.25. The fourth-order valence-electron chi connectivity index (χ4n) is 7.13. The standard InChI is InChI=1S/C32H47N7O3/c1-32(14-17-38(18-15-32)25-8-4-5-9-25)23-10-12-24(13-11-23)35-31-29(30(33)42)34-20-27(36-31)39-16-6-7-22(26(39)21-40)19-28(41)37(2)3/h10-13,20,22,25-26,40H,4-9,14-19,21H2,1-3H3,(H2,33,42)(H,35,36)/t22-,26-/m1/s1. The van der Waals surface area contributed by atoms with Gasteiger partial charge < -0.3 is 30.9 Å². The van der Waals surface area contributed by atoms with E-state index >= 15 is 0 Å². The lowest BCUT2D eigenvalue weighted by molar-refractivity contribution is -0.130. The average Bonchev–Trinajstić information content (AvgIpc) is 3.53. The molecule has 5 rings (SSSR count). The number of nitrogens with one attached hydrogen (secondary N) is 1. The summed E-state index contributed by atoms with van der Waals surface area (Å²) in [5.41, 5.74) is 8.00. The number of piperidine rings is 2. The molecule has 1 aromatic heterocycles. The maximum Gasteiger partial charge on any atom is 0.271 e. The van der Waals surface area contributed by atoms with Crippen LogP contribution in [0.5, 0.6) is 0 Å². The van der Waals surface area contributed by atoms with Crippen LogP contribution < -0.4 is 16.0 Å². The number of benzene rings is 1. The molecular formula is C32H47N7O3. The zero-order valence-corrected chi connectivity index (χ0v) is 25.4. The SMILES string of the molecule is CN(C)C(=O)C[C@H]1CCCN(c2cnc(C(N)=O)c(Nc3ccc(C4(C)CCN(C5CCCC5)CC4)cc3)n2)[C@@H]1CO. The first-order valence-electron chi connectivity index (χ1n) is 15.5. The van der Waals surface area contributed by atoms with E-state index in [2.05, 4.69) is 34.3 Å². The number of aliphatic hydroxyl groups excluding tert-OH is 1. The molecule has 0 radical (unpaired) electrons. The molecule has 10 heteroatoms. The molecule has 10 nitrogen and oxygen atoms in total. The summed E-state index contributed by atoms with van der Waals surface area (Å²) < 4.78 is 0. The molecule has 3 fully saturated rings. The van der Waals surface area contributed by atoms with Crippen molar-refractivity contribution < 1.29 is 14.7 Å². The molecule has 2 amide bonds. The number of aliphatic hydroxyl groups is 1.